The Morgan fingerprint density at radius 2 is 1.16 bits per heavy atom. The van der Waals surface area contributed by atoms with Crippen LogP contribution in [0.15, 0.2) is 207 Å². The third-order valence-electron chi connectivity index (χ3n) is 14.2. The van der Waals surface area contributed by atoms with Gasteiger partial charge >= 0.3 is 12.4 Å². The minimum Gasteiger partial charge on any atom is -0.383 e. The van der Waals surface area contributed by atoms with Gasteiger partial charge in [-0.15, -0.1) is 23.5 Å². The molecule has 0 bridgehead atoms. The average molecular weight is 1550 g/mol. The van der Waals surface area contributed by atoms with Crippen LogP contribution >= 0.6 is 23.5 Å². The van der Waals surface area contributed by atoms with Crippen molar-refractivity contribution in [2.75, 3.05) is 66.3 Å². The van der Waals surface area contributed by atoms with Crippen molar-refractivity contribution in [1.29, 1.82) is 0 Å². The number of likely N-dealkylation sites (tertiary alicyclic amines) is 2. The van der Waals surface area contributed by atoms with E-state index in [1.54, 1.807) is 0 Å². The second kappa shape index (κ2) is 35.1. The highest BCUT2D eigenvalue weighted by molar-refractivity contribution is 7.98. The number of hydrogen-bond donors (Lipinski definition) is 0. The van der Waals surface area contributed by atoms with Gasteiger partial charge in [0.15, 0.2) is 34.1 Å². The molecule has 24 heteroatoms. The lowest BCUT2D eigenvalue weighted by atomic mass is 9.96. The molecule has 556 valence electrons. The normalized spacial score (nSPS) is 27.5. The highest BCUT2D eigenvalue weighted by Crippen LogP contribution is 2.37. The van der Waals surface area contributed by atoms with E-state index in [0.717, 1.165) is 72.8 Å². The summed E-state index contributed by atoms with van der Waals surface area (Å²) in [6.45, 7) is -48.9. The molecule has 0 radical (unpaired) electrons. The summed E-state index contributed by atoms with van der Waals surface area (Å²) in [5, 5.41) is -4.84. The van der Waals surface area contributed by atoms with Gasteiger partial charge in [-0.3, -0.25) is 19.2 Å². The van der Waals surface area contributed by atoms with Crippen molar-refractivity contribution in [1.82, 2.24) is 28.7 Å². The van der Waals surface area contributed by atoms with Crippen LogP contribution in [0.4, 0.5) is 43.9 Å². The summed E-state index contributed by atoms with van der Waals surface area (Å²) in [5.41, 5.74) is -25.1. The smallest absolute Gasteiger partial charge is 0.383 e. The molecule has 106 heavy (non-hydrogen) atoms. The van der Waals surface area contributed by atoms with E-state index in [1.807, 2.05) is 0 Å². The van der Waals surface area contributed by atoms with E-state index in [4.69, 9.17) is 48.0 Å². The Labute approximate surface area is 689 Å². The topological polar surface area (TPSA) is 110 Å². The summed E-state index contributed by atoms with van der Waals surface area (Å²) in [6, 6.07) is -23.5. The zero-order chi connectivity index (χ0) is 122. The van der Waals surface area contributed by atoms with Crippen LogP contribution in [-0.2, 0) is 62.3 Å². The first-order valence-electron chi connectivity index (χ1n) is 55.6. The number of hydrogen-bond acceptors (Lipinski definition) is 10. The van der Waals surface area contributed by atoms with E-state index in [-0.39, 0.29) is 27.5 Å². The number of benzene rings is 8. The number of thioether (sulfide) groups is 2. The minimum absolute atomic E-state index is 0.124. The second-order valence-corrected chi connectivity index (χ2v) is 22.5. The number of aromatic nitrogens is 2. The number of piperidine rings is 2. The molecule has 0 saturated carbocycles. The first-order chi connectivity index (χ1) is 71.0. The molecule has 12 nitrogen and oxygen atoms in total. The standard InChI is InChI=1S/2C41H40F5N3O3S/c1-27(28-10-12-29(13-11-28)30-14-16-32(17-15-30)41(44,45)46)49(33-18-20-47(21-19-33)22-23-52-2)38(51)25-48-36-9-4-3-7-34(36)37(50)24-39(48)53-26-31-6-5-8-35(42)40(31)43;1-27-22-29(28-12-14-32(15-13-28)41(44,45)46)10-11-30(27)24-48(33-16-18-47(19-17-33)20-21-52-2)38(51)25-49-36-9-4-3-7-34(36)37(50)23-39(49)53-26-31-6-5-8-35(42)40(31)43/h3-17,24,27,33H,18-23,25-26H2,1-2H3;3-15,22-23,33H,16-21,24-26H2,1-2H3/i18D2,19D2,20D2,21D2,22D2,23D2,25D2,26D2,27D,33D;3D,4D,5D,6D,7D,8D,9D,10D,11D,12D,13D,14D,15D,16D2,17D2,18D2,19D2,20D2,21D2,22D,23D,24D2,25D2,26D2,33D. The van der Waals surface area contributed by atoms with Crippen LogP contribution in [0.1, 0.15) is 149 Å². The fourth-order valence-corrected chi connectivity index (χ4v) is 10.6. The van der Waals surface area contributed by atoms with E-state index < -0.39 is 393 Å². The molecular formula is C82H80F10N6O6S2. The predicted octanol–water partition coefficient (Wildman–Crippen LogP) is 17.7. The van der Waals surface area contributed by atoms with Crippen molar-refractivity contribution in [3.8, 4) is 22.3 Å². The number of para-hydroxylation sites is 2. The maximum Gasteiger partial charge on any atom is 0.416 e. The monoisotopic (exact) mass is 1550 g/mol. The summed E-state index contributed by atoms with van der Waals surface area (Å²) in [7, 11) is 0.956. The number of nitrogens with zero attached hydrogens (tertiary/aromatic N) is 6. The third-order valence-corrected chi connectivity index (χ3v) is 15.8. The number of alkyl halides is 6. The van der Waals surface area contributed by atoms with Crippen molar-refractivity contribution < 1.29 is 134 Å². The Balaban J connectivity index is 0.000000304. The molecule has 0 N–H and O–H groups in total. The number of pyridine rings is 2. The van der Waals surface area contributed by atoms with Crippen molar-refractivity contribution in [2.24, 2.45) is 0 Å². The molecule has 2 aliphatic heterocycles. The van der Waals surface area contributed by atoms with Crippen LogP contribution < -0.4 is 10.9 Å². The molecule has 0 spiro atoms. The van der Waals surface area contributed by atoms with Gasteiger partial charge in [0.2, 0.25) is 11.8 Å². The summed E-state index contributed by atoms with van der Waals surface area (Å²) in [5.74, 6) is -13.7. The maximum absolute atomic E-state index is 16.2. The number of ether oxygens (including phenoxy) is 2. The molecule has 4 heterocycles. The number of rotatable bonds is 24. The van der Waals surface area contributed by atoms with Gasteiger partial charge in [-0.2, -0.15) is 26.3 Å². The highest BCUT2D eigenvalue weighted by atomic mass is 32.2. The van der Waals surface area contributed by atoms with Gasteiger partial charge in [0.05, 0.1) is 89.7 Å². The van der Waals surface area contributed by atoms with Gasteiger partial charge in [0.25, 0.3) is 0 Å². The molecule has 2 saturated heterocycles. The lowest BCUT2D eigenvalue weighted by Gasteiger charge is -2.42. The van der Waals surface area contributed by atoms with E-state index >= 15 is 22.8 Å². The number of methoxy groups -OCH3 is 2. The molecule has 0 aliphatic carbocycles. The predicted molar refractivity (Wildman–Crippen MR) is 395 cm³/mol. The Hall–Kier alpha value is -9.04. The quantitative estimate of drug-likeness (QED) is 0.0428. The minimum atomic E-state index is -5.62. The molecule has 10 aromatic rings. The van der Waals surface area contributed by atoms with Crippen LogP contribution in [0.2, 0.25) is 0 Å². The number of carbonyl (C=O) groups excluding carboxylic acids is 2. The highest BCUT2D eigenvalue weighted by Gasteiger charge is 2.35. The van der Waals surface area contributed by atoms with Gasteiger partial charge in [-0.1, -0.05) is 115 Å². The number of amides is 2. The van der Waals surface area contributed by atoms with Crippen molar-refractivity contribution in [3.05, 3.63) is 270 Å². The van der Waals surface area contributed by atoms with Crippen LogP contribution in [0.3, 0.4) is 0 Å². The number of halogens is 10. The molecule has 2 amide bonds. The fourth-order valence-electron chi connectivity index (χ4n) is 9.11. The van der Waals surface area contributed by atoms with Gasteiger partial charge in [-0.25, -0.2) is 17.6 Å². The first kappa shape index (κ1) is 35.3. The first-order valence-corrected chi connectivity index (χ1v) is 31.2. The SMILES string of the molecule is [2H]C([2H])(Sc1cc(=O)c2ccccc2n1C([2H])([2H])C(=O)N(C([2H])(C)c1ccc(-c2ccc(C(F)(F)F)cc2)cc1)C1([2H])C([2H])([2H])C([2H])([2H])N(C([2H])([2H])C([2H])([2H])OC)C([2H])([2H])C1([2H])[2H])c1cccc(F)c1F.[2H]c1c([2H])c(F)c(F)c(C([2H])([2H])Sc2c([2H])c(=O)c3c([2H])c([2H])c([2H])c([2H])c3n2C([2H])([2H])C(=O)N(C([2H])([2H])c2c([2H])c([2H])c(-c3c([2H])c([2H])c(C(F)(F)F)c([2H])c3[2H])c([2H])c2C)C2([2H])C([2H])([2H])C([2H])([2H])N(C([2H])([2H])C([2H])([2H])OC)C([2H])([2H])C2([2H])[2H])c1[2H]. The van der Waals surface area contributed by atoms with Crippen LogP contribution in [-0.4, -0.2) is 119 Å². The molecule has 2 fully saturated rings. The third kappa shape index (κ3) is 19.0. The Morgan fingerprint density at radius 3 is 1.81 bits per heavy atom. The molecule has 2 aromatic heterocycles. The van der Waals surface area contributed by atoms with Crippen LogP contribution in [0.25, 0.3) is 44.1 Å². The number of fused-ring (bicyclic) bond motifs is 2. The van der Waals surface area contributed by atoms with E-state index in [1.165, 1.54) is 12.1 Å². The largest absolute Gasteiger partial charge is 0.416 e. The van der Waals surface area contributed by atoms with E-state index in [9.17, 15) is 63.6 Å². The van der Waals surface area contributed by atoms with Crippen LogP contribution in [0.5, 0.6) is 0 Å². The lowest BCUT2D eigenvalue weighted by Crippen LogP contribution is -2.49. The molecule has 2 aliphatic rings. The Kier molecular flexibility index (Phi) is 11.7. The number of carbonyl (C=O) groups is 2. The van der Waals surface area contributed by atoms with Crippen molar-refractivity contribution >= 4 is 57.1 Å². The van der Waals surface area contributed by atoms with Crippen molar-refractivity contribution in [2.45, 2.75) is 111 Å². The Morgan fingerprint density at radius 1 is 0.585 bits per heavy atom. The molecular weight excluding hydrogens is 1420 g/mol. The van der Waals surface area contributed by atoms with Crippen molar-refractivity contribution in [3.63, 3.8) is 0 Å². The second-order valence-electron chi connectivity index (χ2n) is 20.9. The summed E-state index contributed by atoms with van der Waals surface area (Å²) >= 11 is -1.12. The summed E-state index contributed by atoms with van der Waals surface area (Å²) in [6.07, 6.45) is -30.1. The lowest BCUT2D eigenvalue weighted by molar-refractivity contribution is -0.138. The molecule has 8 aromatic carbocycles. The summed E-state index contributed by atoms with van der Waals surface area (Å²) < 4.78 is 615. The molecule has 12 rings (SSSR count). The average Bonchev–Trinajstić information content (AvgIpc) is 0.651. The van der Waals surface area contributed by atoms with E-state index in [0.29, 0.717) is 40.2 Å². The van der Waals surface area contributed by atoms with Gasteiger partial charge in [0.1, 0.15) is 13.0 Å². The molecule has 1 atom stereocenters. The fraction of sp³-hybridized carbons (Fsp3) is 0.317. The van der Waals surface area contributed by atoms with Gasteiger partial charge in [0, 0.05) is 150 Å². The maximum atomic E-state index is 16.2. The zero-order valence-corrected chi connectivity index (χ0v) is 55.6. The van der Waals surface area contributed by atoms with Crippen LogP contribution in [0, 0.1) is 30.2 Å². The summed E-state index contributed by atoms with van der Waals surface area (Å²) in [4.78, 5) is 55.8. The van der Waals surface area contributed by atoms with Gasteiger partial charge in [-0.05, 0) is 139 Å². The molecule has 1 unspecified atom stereocenters. The van der Waals surface area contributed by atoms with Gasteiger partial charge < -0.3 is 38.2 Å². The van der Waals surface area contributed by atoms with E-state index in [2.05, 4.69) is 9.47 Å². The zero-order valence-electron chi connectivity index (χ0n) is 106. The Bertz CT molecular complexity index is 7540.